The van der Waals surface area contributed by atoms with Gasteiger partial charge in [-0.1, -0.05) is 36.4 Å². The van der Waals surface area contributed by atoms with Crippen LogP contribution in [0.15, 0.2) is 60.7 Å². The number of aromatic nitrogens is 1. The van der Waals surface area contributed by atoms with Gasteiger partial charge in [0, 0.05) is 23.6 Å². The standard InChI is InChI=1S/C24H23N3O3/c1-16-12-22(17(2)27(16)15-19-8-5-4-6-9-19)24(29)30-18(3)23(28)26-21-11-7-10-20(13-21)14-25/h4-13,18H,15H2,1-3H3,(H,26,28)/t18-/m0/s1. The van der Waals surface area contributed by atoms with E-state index in [0.717, 1.165) is 17.0 Å². The van der Waals surface area contributed by atoms with Crippen molar-refractivity contribution < 1.29 is 14.3 Å². The van der Waals surface area contributed by atoms with Gasteiger partial charge in [0.1, 0.15) is 0 Å². The summed E-state index contributed by atoms with van der Waals surface area (Å²) in [4.78, 5) is 25.1. The van der Waals surface area contributed by atoms with Crippen molar-refractivity contribution in [3.05, 3.63) is 88.7 Å². The summed E-state index contributed by atoms with van der Waals surface area (Å²) in [6.45, 7) is 5.97. The maximum atomic E-state index is 12.7. The van der Waals surface area contributed by atoms with Crippen molar-refractivity contribution in [1.82, 2.24) is 4.57 Å². The van der Waals surface area contributed by atoms with E-state index in [1.165, 1.54) is 6.92 Å². The fourth-order valence-electron chi connectivity index (χ4n) is 3.21. The topological polar surface area (TPSA) is 84.1 Å². The van der Waals surface area contributed by atoms with E-state index in [9.17, 15) is 9.59 Å². The number of hydrogen-bond acceptors (Lipinski definition) is 4. The fraction of sp³-hybridized carbons (Fsp3) is 0.208. The van der Waals surface area contributed by atoms with Crippen LogP contribution in [-0.4, -0.2) is 22.5 Å². The Morgan fingerprint density at radius 3 is 2.53 bits per heavy atom. The van der Waals surface area contributed by atoms with Crippen molar-refractivity contribution in [3.8, 4) is 6.07 Å². The molecule has 1 atom stereocenters. The van der Waals surface area contributed by atoms with Crippen molar-refractivity contribution >= 4 is 17.6 Å². The summed E-state index contributed by atoms with van der Waals surface area (Å²) in [5.41, 5.74) is 4.21. The van der Waals surface area contributed by atoms with Crippen LogP contribution >= 0.6 is 0 Å². The molecule has 1 amide bonds. The first kappa shape index (κ1) is 20.9. The molecule has 1 N–H and O–H groups in total. The Bertz CT molecular complexity index is 1110. The van der Waals surface area contributed by atoms with Crippen LogP contribution in [0.2, 0.25) is 0 Å². The van der Waals surface area contributed by atoms with Crippen LogP contribution in [-0.2, 0) is 16.1 Å². The second-order valence-corrected chi connectivity index (χ2v) is 7.09. The molecule has 3 rings (SSSR count). The van der Waals surface area contributed by atoms with Gasteiger partial charge in [-0.05, 0) is 50.6 Å². The molecule has 152 valence electrons. The van der Waals surface area contributed by atoms with E-state index >= 15 is 0 Å². The van der Waals surface area contributed by atoms with Crippen molar-refractivity contribution in [2.75, 3.05) is 5.32 Å². The van der Waals surface area contributed by atoms with Crippen LogP contribution in [0.4, 0.5) is 5.69 Å². The third kappa shape index (κ3) is 4.76. The number of nitrogens with one attached hydrogen (secondary N) is 1. The van der Waals surface area contributed by atoms with Crippen LogP contribution < -0.4 is 5.32 Å². The minimum Gasteiger partial charge on any atom is -0.449 e. The Morgan fingerprint density at radius 2 is 1.83 bits per heavy atom. The van der Waals surface area contributed by atoms with Gasteiger partial charge >= 0.3 is 5.97 Å². The normalized spacial score (nSPS) is 11.4. The van der Waals surface area contributed by atoms with Crippen molar-refractivity contribution in [2.24, 2.45) is 0 Å². The first-order chi connectivity index (χ1) is 14.4. The van der Waals surface area contributed by atoms with Gasteiger partial charge in [-0.2, -0.15) is 5.26 Å². The van der Waals surface area contributed by atoms with Crippen LogP contribution in [0.3, 0.4) is 0 Å². The molecule has 6 heteroatoms. The lowest BCUT2D eigenvalue weighted by molar-refractivity contribution is -0.123. The second kappa shape index (κ2) is 9.10. The molecule has 0 unspecified atom stereocenters. The summed E-state index contributed by atoms with van der Waals surface area (Å²) >= 11 is 0. The van der Waals surface area contributed by atoms with Gasteiger partial charge in [0.15, 0.2) is 6.10 Å². The van der Waals surface area contributed by atoms with Crippen LogP contribution in [0.1, 0.15) is 39.8 Å². The molecule has 2 aromatic carbocycles. The number of carbonyl (C=O) groups excluding carboxylic acids is 2. The summed E-state index contributed by atoms with van der Waals surface area (Å²) < 4.78 is 7.44. The minimum atomic E-state index is -0.986. The molecule has 0 bridgehead atoms. The van der Waals surface area contributed by atoms with Crippen LogP contribution in [0.5, 0.6) is 0 Å². The number of nitrogens with zero attached hydrogens (tertiary/aromatic N) is 2. The van der Waals surface area contributed by atoms with Crippen molar-refractivity contribution in [2.45, 2.75) is 33.4 Å². The summed E-state index contributed by atoms with van der Waals surface area (Å²) in [6, 6.07) is 20.3. The molecule has 3 aromatic rings. The Labute approximate surface area is 175 Å². The first-order valence-electron chi connectivity index (χ1n) is 9.61. The molecule has 0 radical (unpaired) electrons. The number of carbonyl (C=O) groups is 2. The predicted octanol–water partition coefficient (Wildman–Crippen LogP) is 4.21. The average Bonchev–Trinajstić information content (AvgIpc) is 3.03. The molecule has 30 heavy (non-hydrogen) atoms. The quantitative estimate of drug-likeness (QED) is 0.627. The molecule has 0 saturated carbocycles. The third-order valence-electron chi connectivity index (χ3n) is 4.89. The Morgan fingerprint density at radius 1 is 1.10 bits per heavy atom. The Kier molecular flexibility index (Phi) is 6.33. The number of esters is 1. The number of aryl methyl sites for hydroxylation is 1. The van der Waals surface area contributed by atoms with E-state index in [4.69, 9.17) is 10.00 Å². The Hall–Kier alpha value is -3.85. The van der Waals surface area contributed by atoms with Gasteiger partial charge in [0.2, 0.25) is 0 Å². The lowest BCUT2D eigenvalue weighted by Crippen LogP contribution is -2.30. The molecule has 1 aromatic heterocycles. The number of benzene rings is 2. The highest BCUT2D eigenvalue weighted by molar-refractivity contribution is 5.97. The maximum absolute atomic E-state index is 12.7. The molecular formula is C24H23N3O3. The highest BCUT2D eigenvalue weighted by atomic mass is 16.5. The summed E-state index contributed by atoms with van der Waals surface area (Å²) in [5, 5.41) is 11.6. The third-order valence-corrected chi connectivity index (χ3v) is 4.89. The van der Waals surface area contributed by atoms with Gasteiger partial charge in [-0.25, -0.2) is 4.79 Å². The number of anilines is 1. The highest BCUT2D eigenvalue weighted by Gasteiger charge is 2.23. The molecule has 0 saturated heterocycles. The van der Waals surface area contributed by atoms with E-state index in [2.05, 4.69) is 5.32 Å². The molecule has 0 spiro atoms. The van der Waals surface area contributed by atoms with Crippen molar-refractivity contribution in [1.29, 1.82) is 5.26 Å². The highest BCUT2D eigenvalue weighted by Crippen LogP contribution is 2.19. The molecule has 0 aliphatic carbocycles. The lowest BCUT2D eigenvalue weighted by Gasteiger charge is -2.14. The zero-order valence-corrected chi connectivity index (χ0v) is 17.2. The van der Waals surface area contributed by atoms with Gasteiger partial charge in [-0.3, -0.25) is 4.79 Å². The molecule has 1 heterocycles. The van der Waals surface area contributed by atoms with Crippen LogP contribution in [0.25, 0.3) is 0 Å². The molecule has 0 aliphatic heterocycles. The largest absolute Gasteiger partial charge is 0.449 e. The summed E-state index contributed by atoms with van der Waals surface area (Å²) in [5.74, 6) is -1.01. The fourth-order valence-corrected chi connectivity index (χ4v) is 3.21. The van der Waals surface area contributed by atoms with E-state index in [1.54, 1.807) is 30.3 Å². The zero-order valence-electron chi connectivity index (χ0n) is 17.2. The lowest BCUT2D eigenvalue weighted by atomic mass is 10.2. The number of ether oxygens (including phenoxy) is 1. The smallest absolute Gasteiger partial charge is 0.340 e. The van der Waals surface area contributed by atoms with E-state index in [0.29, 0.717) is 23.4 Å². The average molecular weight is 401 g/mol. The van der Waals surface area contributed by atoms with Gasteiger partial charge < -0.3 is 14.6 Å². The Balaban J connectivity index is 1.68. The SMILES string of the molecule is Cc1cc(C(=O)O[C@@H](C)C(=O)Nc2cccc(C#N)c2)c(C)n1Cc1ccccc1. The molecule has 0 fully saturated rings. The summed E-state index contributed by atoms with van der Waals surface area (Å²) in [7, 11) is 0. The monoisotopic (exact) mass is 401 g/mol. The van der Waals surface area contributed by atoms with Gasteiger partial charge in [0.25, 0.3) is 5.91 Å². The van der Waals surface area contributed by atoms with Crippen LogP contribution in [0, 0.1) is 25.2 Å². The maximum Gasteiger partial charge on any atom is 0.340 e. The number of nitriles is 1. The molecule has 0 aliphatic rings. The van der Waals surface area contributed by atoms with Crippen molar-refractivity contribution in [3.63, 3.8) is 0 Å². The second-order valence-electron chi connectivity index (χ2n) is 7.09. The predicted molar refractivity (Wildman–Crippen MR) is 114 cm³/mol. The van der Waals surface area contributed by atoms with Gasteiger partial charge in [0.05, 0.1) is 17.2 Å². The van der Waals surface area contributed by atoms with E-state index in [1.807, 2.05) is 54.8 Å². The number of hydrogen-bond donors (Lipinski definition) is 1. The van der Waals surface area contributed by atoms with E-state index < -0.39 is 18.0 Å². The molecule has 6 nitrogen and oxygen atoms in total. The number of rotatable bonds is 6. The zero-order chi connectivity index (χ0) is 21.7. The summed E-state index contributed by atoms with van der Waals surface area (Å²) in [6.07, 6.45) is -0.986. The van der Waals surface area contributed by atoms with Gasteiger partial charge in [-0.15, -0.1) is 0 Å². The first-order valence-corrected chi connectivity index (χ1v) is 9.61. The number of amides is 1. The van der Waals surface area contributed by atoms with E-state index in [-0.39, 0.29) is 0 Å². The minimum absolute atomic E-state index is 0.434. The molecular weight excluding hydrogens is 378 g/mol.